The number of aliphatic hydroxyl groups excluding tert-OH is 1. The van der Waals surface area contributed by atoms with Crippen molar-refractivity contribution >= 4 is 0 Å². The highest BCUT2D eigenvalue weighted by molar-refractivity contribution is 4.97. The quantitative estimate of drug-likeness (QED) is 0.774. The van der Waals surface area contributed by atoms with E-state index in [4.69, 9.17) is 15.6 Å². The van der Waals surface area contributed by atoms with Crippen LogP contribution in [0, 0.1) is 11.3 Å². The molecule has 96 valence electrons. The first kappa shape index (κ1) is 13.9. The molecule has 16 heavy (non-hydrogen) atoms. The van der Waals surface area contributed by atoms with E-state index in [0.717, 1.165) is 6.42 Å². The Bertz CT molecular complexity index is 212. The van der Waals surface area contributed by atoms with Gasteiger partial charge in [0.25, 0.3) is 0 Å². The average Bonchev–Trinajstić information content (AvgIpc) is 2.25. The number of rotatable bonds is 4. The van der Waals surface area contributed by atoms with Crippen molar-refractivity contribution in [1.29, 1.82) is 0 Å². The Labute approximate surface area is 99.4 Å². The van der Waals surface area contributed by atoms with E-state index in [0.29, 0.717) is 19.1 Å². The lowest BCUT2D eigenvalue weighted by Gasteiger charge is -2.49. The fraction of sp³-hybridized carbons (Fsp3) is 1.00. The molecule has 0 spiro atoms. The van der Waals surface area contributed by atoms with Crippen LogP contribution in [0.4, 0.5) is 0 Å². The van der Waals surface area contributed by atoms with Crippen LogP contribution in [0.3, 0.4) is 0 Å². The second-order valence-electron chi connectivity index (χ2n) is 6.01. The van der Waals surface area contributed by atoms with E-state index in [1.54, 1.807) is 0 Å². The number of nitrogens with two attached hydrogens (primary N) is 1. The van der Waals surface area contributed by atoms with Crippen LogP contribution in [0.15, 0.2) is 0 Å². The van der Waals surface area contributed by atoms with Crippen molar-refractivity contribution < 1.29 is 9.84 Å². The lowest BCUT2D eigenvalue weighted by molar-refractivity contribution is -0.137. The van der Waals surface area contributed by atoms with Gasteiger partial charge in [-0.1, -0.05) is 33.6 Å². The SMILES string of the molecule is CC(C)(C)C1CCCCC1(CN)OCCO. The molecule has 1 rings (SSSR count). The Kier molecular flexibility index (Phi) is 4.77. The Hall–Kier alpha value is -0.120. The molecule has 0 aromatic carbocycles. The van der Waals surface area contributed by atoms with Gasteiger partial charge in [-0.05, 0) is 24.2 Å². The Balaban J connectivity index is 2.83. The van der Waals surface area contributed by atoms with Crippen molar-refractivity contribution in [2.75, 3.05) is 19.8 Å². The highest BCUT2D eigenvalue weighted by Crippen LogP contribution is 2.45. The van der Waals surface area contributed by atoms with Crippen molar-refractivity contribution in [3.63, 3.8) is 0 Å². The minimum absolute atomic E-state index is 0.0820. The van der Waals surface area contributed by atoms with Gasteiger partial charge in [-0.25, -0.2) is 0 Å². The summed E-state index contributed by atoms with van der Waals surface area (Å²) >= 11 is 0. The molecular weight excluding hydrogens is 202 g/mol. The minimum atomic E-state index is -0.209. The molecule has 0 heterocycles. The first-order valence-corrected chi connectivity index (χ1v) is 6.41. The number of aliphatic hydroxyl groups is 1. The largest absolute Gasteiger partial charge is 0.394 e. The van der Waals surface area contributed by atoms with E-state index in [1.165, 1.54) is 19.3 Å². The first-order chi connectivity index (χ1) is 7.46. The van der Waals surface area contributed by atoms with Gasteiger partial charge in [0.15, 0.2) is 0 Å². The summed E-state index contributed by atoms with van der Waals surface area (Å²) in [5.41, 5.74) is 5.97. The van der Waals surface area contributed by atoms with E-state index in [-0.39, 0.29) is 17.6 Å². The summed E-state index contributed by atoms with van der Waals surface area (Å²) in [7, 11) is 0. The van der Waals surface area contributed by atoms with Crippen molar-refractivity contribution in [1.82, 2.24) is 0 Å². The van der Waals surface area contributed by atoms with Gasteiger partial charge in [0.2, 0.25) is 0 Å². The molecule has 1 saturated carbocycles. The molecule has 3 nitrogen and oxygen atoms in total. The van der Waals surface area contributed by atoms with Crippen LogP contribution in [0.1, 0.15) is 46.5 Å². The molecule has 0 saturated heterocycles. The van der Waals surface area contributed by atoms with Crippen molar-refractivity contribution in [2.24, 2.45) is 17.1 Å². The normalized spacial score (nSPS) is 31.7. The molecule has 1 aliphatic rings. The maximum absolute atomic E-state index is 8.93. The summed E-state index contributed by atoms with van der Waals surface area (Å²) in [4.78, 5) is 0. The van der Waals surface area contributed by atoms with Gasteiger partial charge in [-0.15, -0.1) is 0 Å². The molecular formula is C13H27NO2. The third-order valence-electron chi connectivity index (χ3n) is 3.85. The Morgan fingerprint density at radius 3 is 2.56 bits per heavy atom. The Morgan fingerprint density at radius 2 is 2.06 bits per heavy atom. The predicted octanol–water partition coefficient (Wildman–Crippen LogP) is 1.93. The zero-order valence-electron chi connectivity index (χ0n) is 11.0. The van der Waals surface area contributed by atoms with Crippen LogP contribution >= 0.6 is 0 Å². The molecule has 0 radical (unpaired) electrons. The summed E-state index contributed by atoms with van der Waals surface area (Å²) in [6, 6.07) is 0. The summed E-state index contributed by atoms with van der Waals surface area (Å²) in [5, 5.41) is 8.93. The van der Waals surface area contributed by atoms with Gasteiger partial charge in [0.05, 0.1) is 18.8 Å². The maximum atomic E-state index is 8.93. The van der Waals surface area contributed by atoms with Crippen LogP contribution < -0.4 is 5.73 Å². The van der Waals surface area contributed by atoms with Crippen LogP contribution in [-0.2, 0) is 4.74 Å². The van der Waals surface area contributed by atoms with Crippen LogP contribution in [0.5, 0.6) is 0 Å². The second kappa shape index (κ2) is 5.48. The molecule has 0 amide bonds. The van der Waals surface area contributed by atoms with Gasteiger partial charge in [0.1, 0.15) is 0 Å². The number of ether oxygens (including phenoxy) is 1. The maximum Gasteiger partial charge on any atom is 0.0838 e. The first-order valence-electron chi connectivity index (χ1n) is 6.41. The lowest BCUT2D eigenvalue weighted by atomic mass is 9.63. The third kappa shape index (κ3) is 2.96. The Morgan fingerprint density at radius 1 is 1.38 bits per heavy atom. The fourth-order valence-corrected chi connectivity index (χ4v) is 3.16. The topological polar surface area (TPSA) is 55.5 Å². The molecule has 2 unspecified atom stereocenters. The molecule has 0 bridgehead atoms. The number of hydrogen-bond donors (Lipinski definition) is 2. The van der Waals surface area contributed by atoms with Crippen LogP contribution in [0.25, 0.3) is 0 Å². The fourth-order valence-electron chi connectivity index (χ4n) is 3.16. The lowest BCUT2D eigenvalue weighted by Crippen LogP contribution is -2.54. The van der Waals surface area contributed by atoms with Crippen molar-refractivity contribution in [3.05, 3.63) is 0 Å². The summed E-state index contributed by atoms with van der Waals surface area (Å²) in [5.74, 6) is 0.491. The predicted molar refractivity (Wildman–Crippen MR) is 66.2 cm³/mol. The van der Waals surface area contributed by atoms with Gasteiger partial charge in [0, 0.05) is 6.54 Å². The molecule has 0 aliphatic heterocycles. The third-order valence-corrected chi connectivity index (χ3v) is 3.85. The molecule has 2 atom stereocenters. The summed E-state index contributed by atoms with van der Waals surface area (Å²) in [6.07, 6.45) is 4.68. The zero-order chi connectivity index (χ0) is 12.2. The monoisotopic (exact) mass is 229 g/mol. The molecule has 3 N–H and O–H groups in total. The van der Waals surface area contributed by atoms with Gasteiger partial charge >= 0.3 is 0 Å². The van der Waals surface area contributed by atoms with Crippen molar-refractivity contribution in [3.8, 4) is 0 Å². The molecule has 1 fully saturated rings. The molecule has 1 aliphatic carbocycles. The minimum Gasteiger partial charge on any atom is -0.394 e. The van der Waals surface area contributed by atoms with E-state index in [2.05, 4.69) is 20.8 Å². The average molecular weight is 229 g/mol. The smallest absolute Gasteiger partial charge is 0.0838 e. The highest BCUT2D eigenvalue weighted by Gasteiger charge is 2.46. The van der Waals surface area contributed by atoms with Crippen LogP contribution in [0.2, 0.25) is 0 Å². The van der Waals surface area contributed by atoms with E-state index in [1.807, 2.05) is 0 Å². The molecule has 0 aromatic heterocycles. The van der Waals surface area contributed by atoms with Crippen molar-refractivity contribution in [2.45, 2.75) is 52.1 Å². The summed E-state index contributed by atoms with van der Waals surface area (Å²) in [6.45, 7) is 7.83. The van der Waals surface area contributed by atoms with Gasteiger partial charge < -0.3 is 15.6 Å². The van der Waals surface area contributed by atoms with Gasteiger partial charge in [-0.2, -0.15) is 0 Å². The van der Waals surface area contributed by atoms with E-state index >= 15 is 0 Å². The zero-order valence-corrected chi connectivity index (χ0v) is 11.0. The number of hydrogen-bond acceptors (Lipinski definition) is 3. The summed E-state index contributed by atoms with van der Waals surface area (Å²) < 4.78 is 5.93. The molecule has 0 aromatic rings. The van der Waals surface area contributed by atoms with E-state index < -0.39 is 0 Å². The highest BCUT2D eigenvalue weighted by atomic mass is 16.5. The van der Waals surface area contributed by atoms with Crippen LogP contribution in [-0.4, -0.2) is 30.5 Å². The molecule has 3 heteroatoms. The second-order valence-corrected chi connectivity index (χ2v) is 6.01. The van der Waals surface area contributed by atoms with E-state index in [9.17, 15) is 0 Å². The standard InChI is InChI=1S/C13H27NO2/c1-12(2,3)11-6-4-5-7-13(11,10-14)16-9-8-15/h11,15H,4-10,14H2,1-3H3. The van der Waals surface area contributed by atoms with Gasteiger partial charge in [-0.3, -0.25) is 0 Å².